The van der Waals surface area contributed by atoms with Gasteiger partial charge in [-0.1, -0.05) is 0 Å². The largest absolute Gasteiger partial charge is 0.396 e. The van der Waals surface area contributed by atoms with Gasteiger partial charge in [-0.3, -0.25) is 0 Å². The number of amides is 2. The van der Waals surface area contributed by atoms with E-state index in [1.807, 2.05) is 25.7 Å². The van der Waals surface area contributed by atoms with Gasteiger partial charge in [-0.25, -0.2) is 4.79 Å². The first kappa shape index (κ1) is 12.3. The van der Waals surface area contributed by atoms with Gasteiger partial charge in [-0.05, 0) is 39.5 Å². The van der Waals surface area contributed by atoms with Crippen LogP contribution in [-0.2, 0) is 0 Å². The maximum atomic E-state index is 11.8. The van der Waals surface area contributed by atoms with Crippen LogP contribution < -0.4 is 5.32 Å². The molecule has 0 unspecified atom stereocenters. The van der Waals surface area contributed by atoms with Gasteiger partial charge in [0.15, 0.2) is 0 Å². The molecule has 1 rings (SSSR count). The summed E-state index contributed by atoms with van der Waals surface area (Å²) < 4.78 is 0. The van der Waals surface area contributed by atoms with Gasteiger partial charge in [0.05, 0.1) is 0 Å². The summed E-state index contributed by atoms with van der Waals surface area (Å²) in [5, 5.41) is 11.9. The quantitative estimate of drug-likeness (QED) is 0.689. The summed E-state index contributed by atoms with van der Waals surface area (Å²) in [4.78, 5) is 13.6. The highest BCUT2D eigenvalue weighted by Crippen LogP contribution is 2.16. The molecule has 2 amide bonds. The van der Waals surface area contributed by atoms with Crippen LogP contribution in [0, 0.1) is 5.92 Å². The molecule has 1 saturated heterocycles. The Balaban J connectivity index is 2.37. The fourth-order valence-electron chi connectivity index (χ4n) is 1.72. The summed E-state index contributed by atoms with van der Waals surface area (Å²) in [6, 6.07) is 0.0129. The summed E-state index contributed by atoms with van der Waals surface area (Å²) in [5.74, 6) is 0.378. The molecule has 1 aliphatic rings. The SMILES string of the molecule is CC(C)(C)NC(=O)N1CCC(CO)CC1. The third-order valence-corrected chi connectivity index (χ3v) is 2.64. The molecule has 88 valence electrons. The lowest BCUT2D eigenvalue weighted by Crippen LogP contribution is -2.50. The highest BCUT2D eigenvalue weighted by Gasteiger charge is 2.24. The monoisotopic (exact) mass is 214 g/mol. The zero-order valence-electron chi connectivity index (χ0n) is 9.92. The molecule has 0 aliphatic carbocycles. The average molecular weight is 214 g/mol. The lowest BCUT2D eigenvalue weighted by Gasteiger charge is -2.33. The first-order valence-corrected chi connectivity index (χ1v) is 5.60. The van der Waals surface area contributed by atoms with Gasteiger partial charge < -0.3 is 15.3 Å². The minimum atomic E-state index is -0.176. The van der Waals surface area contributed by atoms with Crippen molar-refractivity contribution in [3.63, 3.8) is 0 Å². The fourth-order valence-corrected chi connectivity index (χ4v) is 1.72. The minimum absolute atomic E-state index is 0.0129. The lowest BCUT2D eigenvalue weighted by atomic mass is 9.98. The summed E-state index contributed by atoms with van der Waals surface area (Å²) in [7, 11) is 0. The molecule has 1 heterocycles. The molecule has 2 N–H and O–H groups in total. The zero-order chi connectivity index (χ0) is 11.5. The number of carbonyl (C=O) groups is 1. The van der Waals surface area contributed by atoms with Gasteiger partial charge >= 0.3 is 6.03 Å². The van der Waals surface area contributed by atoms with E-state index in [1.54, 1.807) is 0 Å². The molecule has 4 nitrogen and oxygen atoms in total. The number of nitrogens with zero attached hydrogens (tertiary/aromatic N) is 1. The van der Waals surface area contributed by atoms with Crippen LogP contribution in [0.1, 0.15) is 33.6 Å². The second-order valence-corrected chi connectivity index (χ2v) is 5.29. The van der Waals surface area contributed by atoms with Gasteiger partial charge in [0.2, 0.25) is 0 Å². The standard InChI is InChI=1S/C11H22N2O2/c1-11(2,3)12-10(15)13-6-4-9(8-14)5-7-13/h9,14H,4-8H2,1-3H3,(H,12,15). The molecule has 0 radical (unpaired) electrons. The second kappa shape index (κ2) is 4.84. The molecule has 0 aromatic rings. The van der Waals surface area contributed by atoms with Crippen molar-refractivity contribution in [3.05, 3.63) is 0 Å². The molecule has 0 aromatic carbocycles. The van der Waals surface area contributed by atoms with Crippen molar-refractivity contribution in [1.29, 1.82) is 0 Å². The van der Waals surface area contributed by atoms with Crippen LogP contribution in [0.5, 0.6) is 0 Å². The Morgan fingerprint density at radius 1 is 1.40 bits per heavy atom. The highest BCUT2D eigenvalue weighted by molar-refractivity contribution is 5.75. The molecule has 0 bridgehead atoms. The smallest absolute Gasteiger partial charge is 0.317 e. The van der Waals surface area contributed by atoms with Gasteiger partial charge in [-0.15, -0.1) is 0 Å². The summed E-state index contributed by atoms with van der Waals surface area (Å²) >= 11 is 0. The molecule has 0 spiro atoms. The van der Waals surface area contributed by atoms with Gasteiger partial charge in [-0.2, -0.15) is 0 Å². The van der Waals surface area contributed by atoms with Gasteiger partial charge in [0, 0.05) is 25.2 Å². The van der Waals surface area contributed by atoms with E-state index in [4.69, 9.17) is 5.11 Å². The number of piperidine rings is 1. The number of rotatable bonds is 1. The van der Waals surface area contributed by atoms with Crippen molar-refractivity contribution in [2.24, 2.45) is 5.92 Å². The predicted molar refractivity (Wildman–Crippen MR) is 59.7 cm³/mol. The van der Waals surface area contributed by atoms with Crippen LogP contribution >= 0.6 is 0 Å². The molecule has 0 saturated carbocycles. The molecule has 0 atom stereocenters. The Bertz CT molecular complexity index is 215. The Morgan fingerprint density at radius 3 is 2.33 bits per heavy atom. The van der Waals surface area contributed by atoms with Crippen molar-refractivity contribution in [2.45, 2.75) is 39.2 Å². The van der Waals surface area contributed by atoms with E-state index in [2.05, 4.69) is 5.32 Å². The lowest BCUT2D eigenvalue weighted by molar-refractivity contribution is 0.133. The number of carbonyl (C=O) groups excluding carboxylic acids is 1. The number of likely N-dealkylation sites (tertiary alicyclic amines) is 1. The fraction of sp³-hybridized carbons (Fsp3) is 0.909. The van der Waals surface area contributed by atoms with Crippen LogP contribution in [0.15, 0.2) is 0 Å². The average Bonchev–Trinajstić information content (AvgIpc) is 2.15. The topological polar surface area (TPSA) is 52.6 Å². The number of aliphatic hydroxyl groups is 1. The van der Waals surface area contributed by atoms with E-state index in [-0.39, 0.29) is 18.2 Å². The van der Waals surface area contributed by atoms with Crippen molar-refractivity contribution in [2.75, 3.05) is 19.7 Å². The first-order valence-electron chi connectivity index (χ1n) is 5.60. The first-order chi connectivity index (χ1) is 6.92. The van der Waals surface area contributed by atoms with Crippen molar-refractivity contribution >= 4 is 6.03 Å². The summed E-state index contributed by atoms with van der Waals surface area (Å²) in [6.45, 7) is 7.69. The Labute approximate surface area is 91.6 Å². The highest BCUT2D eigenvalue weighted by atomic mass is 16.3. The van der Waals surface area contributed by atoms with Crippen LogP contribution in [0.3, 0.4) is 0 Å². The number of nitrogens with one attached hydrogen (secondary N) is 1. The number of hydrogen-bond donors (Lipinski definition) is 2. The van der Waals surface area contributed by atoms with Gasteiger partial charge in [0.1, 0.15) is 0 Å². The molecule has 1 fully saturated rings. The van der Waals surface area contributed by atoms with Crippen LogP contribution in [0.25, 0.3) is 0 Å². The van der Waals surface area contributed by atoms with E-state index in [1.165, 1.54) is 0 Å². The minimum Gasteiger partial charge on any atom is -0.396 e. The third-order valence-electron chi connectivity index (χ3n) is 2.64. The van der Waals surface area contributed by atoms with E-state index in [0.29, 0.717) is 5.92 Å². The van der Waals surface area contributed by atoms with E-state index in [9.17, 15) is 4.79 Å². The van der Waals surface area contributed by atoms with Crippen LogP contribution in [0.4, 0.5) is 4.79 Å². The summed E-state index contributed by atoms with van der Waals surface area (Å²) in [5.41, 5.74) is -0.176. The van der Waals surface area contributed by atoms with E-state index >= 15 is 0 Å². The van der Waals surface area contributed by atoms with E-state index in [0.717, 1.165) is 25.9 Å². The van der Waals surface area contributed by atoms with Crippen LogP contribution in [0.2, 0.25) is 0 Å². The Kier molecular flexibility index (Phi) is 3.97. The Hall–Kier alpha value is -0.770. The van der Waals surface area contributed by atoms with E-state index < -0.39 is 0 Å². The van der Waals surface area contributed by atoms with Crippen molar-refractivity contribution in [1.82, 2.24) is 10.2 Å². The second-order valence-electron chi connectivity index (χ2n) is 5.29. The third kappa shape index (κ3) is 4.08. The molecule has 0 aromatic heterocycles. The van der Waals surface area contributed by atoms with Crippen LogP contribution in [-0.4, -0.2) is 41.3 Å². The summed E-state index contributed by atoms with van der Waals surface area (Å²) in [6.07, 6.45) is 1.82. The number of urea groups is 1. The molecule has 4 heteroatoms. The molecular formula is C11H22N2O2. The maximum absolute atomic E-state index is 11.8. The van der Waals surface area contributed by atoms with Crippen molar-refractivity contribution < 1.29 is 9.90 Å². The zero-order valence-corrected chi connectivity index (χ0v) is 9.92. The normalized spacial score (nSPS) is 19.1. The molecular weight excluding hydrogens is 192 g/mol. The predicted octanol–water partition coefficient (Wildman–Crippen LogP) is 1.20. The number of hydrogen-bond acceptors (Lipinski definition) is 2. The Morgan fingerprint density at radius 2 is 1.93 bits per heavy atom. The molecule has 1 aliphatic heterocycles. The number of aliphatic hydroxyl groups excluding tert-OH is 1. The molecule has 15 heavy (non-hydrogen) atoms. The maximum Gasteiger partial charge on any atom is 0.317 e. The van der Waals surface area contributed by atoms with Crippen molar-refractivity contribution in [3.8, 4) is 0 Å². The van der Waals surface area contributed by atoms with Gasteiger partial charge in [0.25, 0.3) is 0 Å².